The molecule has 74 valence electrons. The van der Waals surface area contributed by atoms with E-state index in [9.17, 15) is 5.11 Å². The summed E-state index contributed by atoms with van der Waals surface area (Å²) in [5.74, 6) is 0.234. The van der Waals surface area contributed by atoms with Crippen molar-refractivity contribution < 1.29 is 5.11 Å². The van der Waals surface area contributed by atoms with Gasteiger partial charge in [0.2, 0.25) is 0 Å². The molecule has 0 aliphatic heterocycles. The topological polar surface area (TPSA) is 46.2 Å². The Morgan fingerprint density at radius 3 is 2.77 bits per heavy atom. The van der Waals surface area contributed by atoms with E-state index < -0.39 is 0 Å². The van der Waals surface area contributed by atoms with Gasteiger partial charge in [0.25, 0.3) is 0 Å². The molecule has 2 unspecified atom stereocenters. The van der Waals surface area contributed by atoms with Gasteiger partial charge in [0.05, 0.1) is 11.1 Å². The van der Waals surface area contributed by atoms with Crippen LogP contribution in [0.25, 0.3) is 0 Å². The Bertz CT molecular complexity index is 262. The average molecular weight is 220 g/mol. The number of aliphatic hydroxyl groups is 1. The van der Waals surface area contributed by atoms with E-state index in [4.69, 9.17) is 17.3 Å². The van der Waals surface area contributed by atoms with E-state index in [0.717, 1.165) is 9.90 Å². The monoisotopic (exact) mass is 219 g/mol. The van der Waals surface area contributed by atoms with Crippen molar-refractivity contribution in [1.29, 1.82) is 0 Å². The molecule has 0 bridgehead atoms. The molecule has 2 atom stereocenters. The molecule has 3 N–H and O–H groups in total. The van der Waals surface area contributed by atoms with Crippen LogP contribution in [0.3, 0.4) is 0 Å². The molecule has 0 saturated carbocycles. The summed E-state index contributed by atoms with van der Waals surface area (Å²) in [7, 11) is 0. The highest BCUT2D eigenvalue weighted by atomic mass is 35.5. The summed E-state index contributed by atoms with van der Waals surface area (Å²) >= 11 is 7.41. The highest BCUT2D eigenvalue weighted by Gasteiger charge is 2.14. The largest absolute Gasteiger partial charge is 0.393 e. The molecule has 0 saturated heterocycles. The first-order chi connectivity index (χ1) is 6.13. The third-order valence-corrected chi connectivity index (χ3v) is 3.34. The zero-order valence-corrected chi connectivity index (χ0v) is 9.11. The first kappa shape index (κ1) is 11.0. The second kappa shape index (κ2) is 4.96. The first-order valence-electron chi connectivity index (χ1n) is 4.25. The van der Waals surface area contributed by atoms with Gasteiger partial charge < -0.3 is 10.8 Å². The minimum atomic E-state index is -0.311. The predicted molar refractivity (Wildman–Crippen MR) is 57.4 cm³/mol. The third kappa shape index (κ3) is 3.27. The van der Waals surface area contributed by atoms with E-state index in [2.05, 4.69) is 0 Å². The van der Waals surface area contributed by atoms with Crippen LogP contribution in [-0.4, -0.2) is 17.8 Å². The highest BCUT2D eigenvalue weighted by Crippen LogP contribution is 2.28. The standard InChI is InChI=1S/C9H14ClNOS/c1-6(12)2-7(4-11)9-3-8(10)5-13-9/h3,5-7,12H,2,4,11H2,1H3. The van der Waals surface area contributed by atoms with Gasteiger partial charge in [-0.25, -0.2) is 0 Å². The maximum absolute atomic E-state index is 9.24. The molecule has 0 aliphatic carbocycles. The number of thiophene rings is 1. The molecule has 0 aromatic carbocycles. The fraction of sp³-hybridized carbons (Fsp3) is 0.556. The Hall–Kier alpha value is -0.0900. The summed E-state index contributed by atoms with van der Waals surface area (Å²) in [4.78, 5) is 1.16. The normalized spacial score (nSPS) is 15.7. The van der Waals surface area contributed by atoms with E-state index in [0.29, 0.717) is 13.0 Å². The molecular formula is C9H14ClNOS. The number of hydrogen-bond donors (Lipinski definition) is 2. The predicted octanol–water partition coefficient (Wildman–Crippen LogP) is 2.21. The summed E-state index contributed by atoms with van der Waals surface area (Å²) in [6, 6.07) is 1.92. The minimum absolute atomic E-state index is 0.234. The van der Waals surface area contributed by atoms with Gasteiger partial charge in [-0.3, -0.25) is 0 Å². The summed E-state index contributed by atoms with van der Waals surface area (Å²) in [5.41, 5.74) is 5.61. The van der Waals surface area contributed by atoms with Crippen molar-refractivity contribution in [2.24, 2.45) is 5.73 Å². The van der Waals surface area contributed by atoms with Crippen LogP contribution in [0.15, 0.2) is 11.4 Å². The lowest BCUT2D eigenvalue weighted by molar-refractivity contribution is 0.175. The molecule has 1 heterocycles. The van der Waals surface area contributed by atoms with Crippen molar-refractivity contribution in [2.75, 3.05) is 6.54 Å². The quantitative estimate of drug-likeness (QED) is 0.816. The Kier molecular flexibility index (Phi) is 4.19. The molecule has 0 amide bonds. The molecule has 0 fully saturated rings. The first-order valence-corrected chi connectivity index (χ1v) is 5.51. The van der Waals surface area contributed by atoms with Gasteiger partial charge in [-0.15, -0.1) is 11.3 Å². The molecule has 0 aliphatic rings. The lowest BCUT2D eigenvalue weighted by atomic mass is 10.0. The van der Waals surface area contributed by atoms with E-state index in [-0.39, 0.29) is 12.0 Å². The number of hydrogen-bond acceptors (Lipinski definition) is 3. The van der Waals surface area contributed by atoms with Crippen LogP contribution in [-0.2, 0) is 0 Å². The molecule has 0 spiro atoms. The minimum Gasteiger partial charge on any atom is -0.393 e. The summed E-state index contributed by atoms with van der Waals surface area (Å²) in [6.07, 6.45) is 0.391. The van der Waals surface area contributed by atoms with Crippen LogP contribution in [0.5, 0.6) is 0 Å². The highest BCUT2D eigenvalue weighted by molar-refractivity contribution is 7.10. The van der Waals surface area contributed by atoms with Crippen molar-refractivity contribution in [1.82, 2.24) is 0 Å². The van der Waals surface area contributed by atoms with Gasteiger partial charge in [-0.05, 0) is 19.4 Å². The maximum Gasteiger partial charge on any atom is 0.0518 e. The molecule has 1 aromatic heterocycles. The molecule has 4 heteroatoms. The van der Waals surface area contributed by atoms with Crippen LogP contribution >= 0.6 is 22.9 Å². The van der Waals surface area contributed by atoms with Gasteiger partial charge in [-0.2, -0.15) is 0 Å². The van der Waals surface area contributed by atoms with Gasteiger partial charge >= 0.3 is 0 Å². The number of nitrogens with two attached hydrogens (primary N) is 1. The van der Waals surface area contributed by atoms with Crippen molar-refractivity contribution >= 4 is 22.9 Å². The Morgan fingerprint density at radius 2 is 2.38 bits per heavy atom. The lowest BCUT2D eigenvalue weighted by Gasteiger charge is -2.14. The van der Waals surface area contributed by atoms with E-state index in [1.54, 1.807) is 18.3 Å². The van der Waals surface area contributed by atoms with Crippen molar-refractivity contribution in [3.63, 3.8) is 0 Å². The molecule has 2 nitrogen and oxygen atoms in total. The average Bonchev–Trinajstić information content (AvgIpc) is 2.47. The van der Waals surface area contributed by atoms with Gasteiger partial charge in [0, 0.05) is 22.7 Å². The molecule has 1 rings (SSSR count). The van der Waals surface area contributed by atoms with Crippen molar-refractivity contribution in [3.05, 3.63) is 21.3 Å². The van der Waals surface area contributed by atoms with E-state index >= 15 is 0 Å². The number of halogens is 1. The molecule has 1 aromatic rings. The third-order valence-electron chi connectivity index (χ3n) is 1.90. The Labute approximate surface area is 87.3 Å². The molecule has 13 heavy (non-hydrogen) atoms. The van der Waals surface area contributed by atoms with E-state index in [1.807, 2.05) is 11.4 Å². The zero-order chi connectivity index (χ0) is 9.84. The summed E-state index contributed by atoms with van der Waals surface area (Å²) < 4.78 is 0. The zero-order valence-electron chi connectivity index (χ0n) is 7.53. The maximum atomic E-state index is 9.24. The Morgan fingerprint density at radius 1 is 1.69 bits per heavy atom. The fourth-order valence-electron chi connectivity index (χ4n) is 1.28. The van der Waals surface area contributed by atoms with Gasteiger partial charge in [0.15, 0.2) is 0 Å². The van der Waals surface area contributed by atoms with Crippen molar-refractivity contribution in [3.8, 4) is 0 Å². The van der Waals surface area contributed by atoms with Crippen LogP contribution in [0.4, 0.5) is 0 Å². The summed E-state index contributed by atoms with van der Waals surface area (Å²) in [5, 5.41) is 11.9. The number of aliphatic hydroxyl groups excluding tert-OH is 1. The molecule has 0 radical (unpaired) electrons. The Balaban J connectivity index is 2.66. The SMILES string of the molecule is CC(O)CC(CN)c1cc(Cl)cs1. The smallest absolute Gasteiger partial charge is 0.0518 e. The molecular weight excluding hydrogens is 206 g/mol. The van der Waals surface area contributed by atoms with Crippen LogP contribution in [0.2, 0.25) is 5.02 Å². The van der Waals surface area contributed by atoms with Gasteiger partial charge in [-0.1, -0.05) is 11.6 Å². The fourth-order valence-corrected chi connectivity index (χ4v) is 2.50. The van der Waals surface area contributed by atoms with Gasteiger partial charge in [0.1, 0.15) is 0 Å². The lowest BCUT2D eigenvalue weighted by Crippen LogP contribution is -2.16. The summed E-state index contributed by atoms with van der Waals surface area (Å²) in [6.45, 7) is 2.33. The van der Waals surface area contributed by atoms with Crippen LogP contribution in [0.1, 0.15) is 24.1 Å². The second-order valence-electron chi connectivity index (χ2n) is 3.18. The number of rotatable bonds is 4. The van der Waals surface area contributed by atoms with Crippen molar-refractivity contribution in [2.45, 2.75) is 25.4 Å². The second-order valence-corrected chi connectivity index (χ2v) is 4.56. The van der Waals surface area contributed by atoms with Crippen LogP contribution in [0, 0.1) is 0 Å². The van der Waals surface area contributed by atoms with E-state index in [1.165, 1.54) is 0 Å². The van der Waals surface area contributed by atoms with Crippen LogP contribution < -0.4 is 5.73 Å².